The summed E-state index contributed by atoms with van der Waals surface area (Å²) in [6.45, 7) is 3.88. The Balaban J connectivity index is 3.18. The number of aryl methyl sites for hydroxylation is 1. The molecule has 0 aliphatic heterocycles. The monoisotopic (exact) mass is 213 g/mol. The third kappa shape index (κ3) is 2.29. The lowest BCUT2D eigenvalue weighted by Crippen LogP contribution is -2.20. The highest BCUT2D eigenvalue weighted by Gasteiger charge is 2.08. The number of thioether (sulfide) groups is 1. The van der Waals surface area contributed by atoms with Crippen LogP contribution in [0.25, 0.3) is 0 Å². The van der Waals surface area contributed by atoms with Crippen LogP contribution in [0.2, 0.25) is 0 Å². The number of rotatable bonds is 3. The first-order chi connectivity index (χ1) is 6.56. The molecule has 5 heteroatoms. The normalized spacial score (nSPS) is 10.3. The zero-order chi connectivity index (χ0) is 10.7. The Hall–Kier alpha value is -0.970. The van der Waals surface area contributed by atoms with Gasteiger partial charge in [-0.3, -0.25) is 9.78 Å². The highest BCUT2D eigenvalue weighted by molar-refractivity contribution is 7.99. The van der Waals surface area contributed by atoms with E-state index in [-0.39, 0.29) is 5.56 Å². The third-order valence-electron chi connectivity index (χ3n) is 1.75. The van der Waals surface area contributed by atoms with Crippen molar-refractivity contribution in [3.63, 3.8) is 0 Å². The molecule has 0 saturated heterocycles. The first kappa shape index (κ1) is 11.1. The Morgan fingerprint density at radius 3 is 2.57 bits per heavy atom. The van der Waals surface area contributed by atoms with E-state index in [2.05, 4.69) is 9.97 Å². The summed E-state index contributed by atoms with van der Waals surface area (Å²) < 4.78 is 0. The minimum atomic E-state index is -0.0481. The van der Waals surface area contributed by atoms with Gasteiger partial charge in [0.05, 0.1) is 10.6 Å². The van der Waals surface area contributed by atoms with E-state index < -0.39 is 0 Å². The second-order valence-electron chi connectivity index (χ2n) is 3.13. The molecular weight excluding hydrogens is 198 g/mol. The largest absolute Gasteiger partial charge is 0.348 e. The molecule has 0 aliphatic rings. The molecular formula is C9H15N3OS. The number of nitrogens with zero attached hydrogens (tertiary/aromatic N) is 2. The second-order valence-corrected chi connectivity index (χ2v) is 4.41. The van der Waals surface area contributed by atoms with Crippen LogP contribution in [0.5, 0.6) is 0 Å². The summed E-state index contributed by atoms with van der Waals surface area (Å²) in [5.74, 6) is 1.49. The van der Waals surface area contributed by atoms with E-state index in [0.717, 1.165) is 16.3 Å². The fourth-order valence-corrected chi connectivity index (χ4v) is 1.81. The fourth-order valence-electron chi connectivity index (χ4n) is 1.09. The minimum absolute atomic E-state index is 0.0481. The highest BCUT2D eigenvalue weighted by atomic mass is 32.2. The Morgan fingerprint density at radius 1 is 1.50 bits per heavy atom. The average molecular weight is 213 g/mol. The molecule has 1 aromatic heterocycles. The van der Waals surface area contributed by atoms with Crippen LogP contribution in [0, 0.1) is 6.92 Å². The summed E-state index contributed by atoms with van der Waals surface area (Å²) in [6, 6.07) is 0. The molecule has 78 valence electrons. The van der Waals surface area contributed by atoms with Crippen molar-refractivity contribution in [2.24, 2.45) is 0 Å². The predicted octanol–water partition coefficient (Wildman–Crippen LogP) is 1.26. The highest BCUT2D eigenvalue weighted by Crippen LogP contribution is 2.16. The third-order valence-corrected chi connectivity index (χ3v) is 2.80. The lowest BCUT2D eigenvalue weighted by atomic mass is 10.4. The van der Waals surface area contributed by atoms with Crippen LogP contribution in [0.3, 0.4) is 0 Å². The van der Waals surface area contributed by atoms with Gasteiger partial charge in [0, 0.05) is 14.1 Å². The Labute approximate surface area is 87.7 Å². The van der Waals surface area contributed by atoms with Crippen molar-refractivity contribution >= 4 is 17.7 Å². The van der Waals surface area contributed by atoms with Crippen molar-refractivity contribution in [3.05, 3.63) is 16.0 Å². The van der Waals surface area contributed by atoms with Crippen LogP contribution < -0.4 is 10.5 Å². The van der Waals surface area contributed by atoms with Crippen LogP contribution in [0.1, 0.15) is 12.6 Å². The number of anilines is 1. The van der Waals surface area contributed by atoms with Gasteiger partial charge in [0.1, 0.15) is 0 Å². The molecule has 1 rings (SSSR count). The lowest BCUT2D eigenvalue weighted by Gasteiger charge is -2.12. The van der Waals surface area contributed by atoms with Crippen molar-refractivity contribution in [2.75, 3.05) is 24.7 Å². The van der Waals surface area contributed by atoms with Crippen molar-refractivity contribution in [2.45, 2.75) is 18.7 Å². The average Bonchev–Trinajstić information content (AvgIpc) is 2.10. The molecule has 0 spiro atoms. The fraction of sp³-hybridized carbons (Fsp3) is 0.556. The summed E-state index contributed by atoms with van der Waals surface area (Å²) in [7, 11) is 3.70. The minimum Gasteiger partial charge on any atom is -0.348 e. The van der Waals surface area contributed by atoms with Crippen LogP contribution in [-0.4, -0.2) is 29.8 Å². The van der Waals surface area contributed by atoms with Crippen LogP contribution in [-0.2, 0) is 0 Å². The lowest BCUT2D eigenvalue weighted by molar-refractivity contribution is 0.918. The van der Waals surface area contributed by atoms with Crippen molar-refractivity contribution < 1.29 is 0 Å². The van der Waals surface area contributed by atoms with Gasteiger partial charge in [-0.1, -0.05) is 6.92 Å². The molecule has 1 heterocycles. The molecule has 0 aromatic carbocycles. The molecule has 4 nitrogen and oxygen atoms in total. The summed E-state index contributed by atoms with van der Waals surface area (Å²) in [4.78, 5) is 21.2. The van der Waals surface area contributed by atoms with Crippen molar-refractivity contribution in [1.82, 2.24) is 9.97 Å². The van der Waals surface area contributed by atoms with Gasteiger partial charge in [0.15, 0.2) is 0 Å². The first-order valence-corrected chi connectivity index (χ1v) is 5.45. The maximum Gasteiger partial charge on any atom is 0.266 e. The summed E-state index contributed by atoms with van der Waals surface area (Å²) in [6.07, 6.45) is 0. The molecule has 0 fully saturated rings. The van der Waals surface area contributed by atoms with Crippen molar-refractivity contribution in [1.29, 1.82) is 0 Å². The predicted molar refractivity (Wildman–Crippen MR) is 60.3 cm³/mol. The standard InChI is InChI=1S/C9H15N3OS/c1-5-14-7-6(2)10-9(12(3)4)11-8(7)13/h5H2,1-4H3,(H,10,11,13). The molecule has 0 aliphatic carbocycles. The number of hydrogen-bond acceptors (Lipinski definition) is 4. The number of aromatic nitrogens is 2. The van der Waals surface area contributed by atoms with Gasteiger partial charge in [0.25, 0.3) is 5.56 Å². The van der Waals surface area contributed by atoms with E-state index >= 15 is 0 Å². The van der Waals surface area contributed by atoms with E-state index in [4.69, 9.17) is 0 Å². The van der Waals surface area contributed by atoms with Crippen molar-refractivity contribution in [3.8, 4) is 0 Å². The molecule has 0 unspecified atom stereocenters. The van der Waals surface area contributed by atoms with Gasteiger partial charge in [0.2, 0.25) is 5.95 Å². The zero-order valence-electron chi connectivity index (χ0n) is 8.92. The van der Waals surface area contributed by atoms with Gasteiger partial charge in [-0.2, -0.15) is 0 Å². The Bertz CT molecular complexity index is 373. The summed E-state index contributed by atoms with van der Waals surface area (Å²) >= 11 is 1.52. The number of aromatic amines is 1. The quantitative estimate of drug-likeness (QED) is 0.768. The van der Waals surface area contributed by atoms with Crippen LogP contribution in [0.15, 0.2) is 9.69 Å². The zero-order valence-corrected chi connectivity index (χ0v) is 9.73. The van der Waals surface area contributed by atoms with Gasteiger partial charge in [-0.15, -0.1) is 11.8 Å². The molecule has 14 heavy (non-hydrogen) atoms. The molecule has 1 aromatic rings. The van der Waals surface area contributed by atoms with Gasteiger partial charge >= 0.3 is 0 Å². The molecule has 0 atom stereocenters. The first-order valence-electron chi connectivity index (χ1n) is 4.47. The summed E-state index contributed by atoms with van der Waals surface area (Å²) in [5.41, 5.74) is 0.748. The SMILES string of the molecule is CCSc1c(C)nc(N(C)C)[nH]c1=O. The topological polar surface area (TPSA) is 49.0 Å². The second kappa shape index (κ2) is 4.50. The van der Waals surface area contributed by atoms with E-state index in [1.165, 1.54) is 11.8 Å². The Morgan fingerprint density at radius 2 is 2.14 bits per heavy atom. The Kier molecular flexibility index (Phi) is 3.57. The number of nitrogens with one attached hydrogen (secondary N) is 1. The molecule has 0 amide bonds. The molecule has 1 N–H and O–H groups in total. The molecule has 0 bridgehead atoms. The molecule has 0 radical (unpaired) electrons. The number of hydrogen-bond donors (Lipinski definition) is 1. The van der Waals surface area contributed by atoms with E-state index in [1.807, 2.05) is 27.9 Å². The van der Waals surface area contributed by atoms with Gasteiger partial charge < -0.3 is 4.90 Å². The van der Waals surface area contributed by atoms with Gasteiger partial charge in [-0.05, 0) is 12.7 Å². The van der Waals surface area contributed by atoms with Crippen LogP contribution >= 0.6 is 11.8 Å². The smallest absolute Gasteiger partial charge is 0.266 e. The van der Waals surface area contributed by atoms with E-state index in [9.17, 15) is 4.79 Å². The van der Waals surface area contributed by atoms with Crippen LogP contribution in [0.4, 0.5) is 5.95 Å². The summed E-state index contributed by atoms with van der Waals surface area (Å²) in [5, 5.41) is 0. The maximum atomic E-state index is 11.6. The van der Waals surface area contributed by atoms with E-state index in [1.54, 1.807) is 4.90 Å². The molecule has 0 saturated carbocycles. The van der Waals surface area contributed by atoms with Gasteiger partial charge in [-0.25, -0.2) is 4.98 Å². The maximum absolute atomic E-state index is 11.6. The van der Waals surface area contributed by atoms with E-state index in [0.29, 0.717) is 5.95 Å². The number of H-pyrrole nitrogens is 1.